The predicted molar refractivity (Wildman–Crippen MR) is 87.7 cm³/mol. The normalized spacial score (nSPS) is 12.4. The number of aliphatic hydroxyl groups excluding tert-OH is 1. The van der Waals surface area contributed by atoms with Crippen molar-refractivity contribution in [1.29, 1.82) is 0 Å². The van der Waals surface area contributed by atoms with E-state index in [0.29, 0.717) is 19.0 Å². The fourth-order valence-electron chi connectivity index (χ4n) is 2.02. The first kappa shape index (κ1) is 16.5. The van der Waals surface area contributed by atoms with Crippen LogP contribution in [0, 0.1) is 5.92 Å². The van der Waals surface area contributed by atoms with Crippen molar-refractivity contribution < 1.29 is 9.84 Å². The van der Waals surface area contributed by atoms with Gasteiger partial charge in [0.05, 0.1) is 12.7 Å². The molecule has 0 saturated heterocycles. The van der Waals surface area contributed by atoms with E-state index in [9.17, 15) is 5.11 Å². The number of hydrogen-bond acceptors (Lipinski definition) is 4. The average Bonchev–Trinajstić information content (AvgIpc) is 2.55. The van der Waals surface area contributed by atoms with E-state index in [0.717, 1.165) is 17.9 Å². The fraction of sp³-hybridized carbons (Fsp3) is 0.389. The molecule has 1 atom stereocenters. The predicted octanol–water partition coefficient (Wildman–Crippen LogP) is 2.94. The molecule has 2 rings (SSSR count). The molecule has 0 bridgehead atoms. The van der Waals surface area contributed by atoms with Crippen LogP contribution in [0.3, 0.4) is 0 Å². The van der Waals surface area contributed by atoms with Crippen LogP contribution in [0.4, 0.5) is 0 Å². The molecule has 2 aromatic rings. The van der Waals surface area contributed by atoms with E-state index in [1.165, 1.54) is 5.56 Å². The highest BCUT2D eigenvalue weighted by Crippen LogP contribution is 2.14. The maximum atomic E-state index is 10.1. The molecule has 0 aliphatic carbocycles. The maximum absolute atomic E-state index is 10.1. The van der Waals surface area contributed by atoms with Crippen LogP contribution < -0.4 is 10.1 Å². The van der Waals surface area contributed by atoms with Gasteiger partial charge in [0.1, 0.15) is 5.75 Å². The lowest BCUT2D eigenvalue weighted by Crippen LogP contribution is -2.21. The summed E-state index contributed by atoms with van der Waals surface area (Å²) in [6.07, 6.45) is 2.86. The van der Waals surface area contributed by atoms with E-state index in [2.05, 4.69) is 24.1 Å². The first-order valence-electron chi connectivity index (χ1n) is 7.65. The van der Waals surface area contributed by atoms with Gasteiger partial charge >= 0.3 is 0 Å². The molecule has 1 aromatic heterocycles. The Labute approximate surface area is 132 Å². The summed E-state index contributed by atoms with van der Waals surface area (Å²) in [5.41, 5.74) is 2.04. The maximum Gasteiger partial charge on any atom is 0.119 e. The molecule has 22 heavy (non-hydrogen) atoms. The van der Waals surface area contributed by atoms with E-state index in [-0.39, 0.29) is 0 Å². The molecule has 1 unspecified atom stereocenters. The molecule has 118 valence electrons. The molecule has 0 amide bonds. The van der Waals surface area contributed by atoms with Gasteiger partial charge in [-0.2, -0.15) is 0 Å². The molecule has 1 heterocycles. The van der Waals surface area contributed by atoms with Gasteiger partial charge in [-0.05, 0) is 41.3 Å². The largest absolute Gasteiger partial charge is 0.493 e. The summed E-state index contributed by atoms with van der Waals surface area (Å²) >= 11 is 0. The van der Waals surface area contributed by atoms with E-state index in [4.69, 9.17) is 4.74 Å². The van der Waals surface area contributed by atoms with Gasteiger partial charge < -0.3 is 15.2 Å². The minimum Gasteiger partial charge on any atom is -0.493 e. The van der Waals surface area contributed by atoms with Crippen molar-refractivity contribution in [1.82, 2.24) is 10.3 Å². The average molecular weight is 300 g/mol. The van der Waals surface area contributed by atoms with Gasteiger partial charge in [0.2, 0.25) is 0 Å². The fourth-order valence-corrected chi connectivity index (χ4v) is 2.02. The quantitative estimate of drug-likeness (QED) is 0.787. The summed E-state index contributed by atoms with van der Waals surface area (Å²) in [7, 11) is 0. The van der Waals surface area contributed by atoms with Gasteiger partial charge in [0.25, 0.3) is 0 Å². The number of hydrogen-bond donors (Lipinski definition) is 2. The van der Waals surface area contributed by atoms with Crippen LogP contribution in [-0.2, 0) is 6.54 Å². The van der Waals surface area contributed by atoms with Crippen LogP contribution in [-0.4, -0.2) is 23.2 Å². The van der Waals surface area contributed by atoms with Crippen molar-refractivity contribution >= 4 is 0 Å². The number of aliphatic hydroxyl groups is 1. The number of pyridine rings is 1. The van der Waals surface area contributed by atoms with Gasteiger partial charge in [-0.15, -0.1) is 0 Å². The van der Waals surface area contributed by atoms with Gasteiger partial charge in [0.15, 0.2) is 0 Å². The second-order valence-electron chi connectivity index (χ2n) is 5.78. The summed E-state index contributed by atoms with van der Waals surface area (Å²) in [6, 6.07) is 11.7. The standard InChI is InChI=1S/C18H24N2O2/c1-14(2)13-22-17-5-3-15(4-6-17)11-20-12-18(21)16-7-9-19-10-8-16/h3-10,14,18,20-21H,11-13H2,1-2H3. The molecular formula is C18H24N2O2. The number of rotatable bonds is 8. The lowest BCUT2D eigenvalue weighted by Gasteiger charge is -2.12. The molecule has 0 spiro atoms. The van der Waals surface area contributed by atoms with Crippen LogP contribution in [0.15, 0.2) is 48.8 Å². The number of nitrogens with one attached hydrogen (secondary N) is 1. The van der Waals surface area contributed by atoms with E-state index < -0.39 is 6.10 Å². The third kappa shape index (κ3) is 5.47. The summed E-state index contributed by atoms with van der Waals surface area (Å²) in [4.78, 5) is 3.95. The van der Waals surface area contributed by atoms with Gasteiger partial charge in [0, 0.05) is 25.5 Å². The molecule has 0 radical (unpaired) electrons. The monoisotopic (exact) mass is 300 g/mol. The Morgan fingerprint density at radius 1 is 1.09 bits per heavy atom. The summed E-state index contributed by atoms with van der Waals surface area (Å²) in [6.45, 7) is 6.22. The molecule has 0 saturated carbocycles. The molecule has 2 N–H and O–H groups in total. The Morgan fingerprint density at radius 3 is 2.41 bits per heavy atom. The zero-order chi connectivity index (χ0) is 15.8. The van der Waals surface area contributed by atoms with Gasteiger partial charge in [-0.25, -0.2) is 0 Å². The second-order valence-corrected chi connectivity index (χ2v) is 5.78. The van der Waals surface area contributed by atoms with E-state index in [1.807, 2.05) is 36.4 Å². The SMILES string of the molecule is CC(C)COc1ccc(CNCC(O)c2ccncc2)cc1. The summed E-state index contributed by atoms with van der Waals surface area (Å²) < 4.78 is 5.66. The van der Waals surface area contributed by atoms with Crippen molar-refractivity contribution in [2.75, 3.05) is 13.2 Å². The third-order valence-electron chi connectivity index (χ3n) is 3.26. The number of ether oxygens (including phenoxy) is 1. The summed E-state index contributed by atoms with van der Waals surface area (Å²) in [5.74, 6) is 1.42. The van der Waals surface area contributed by atoms with Crippen LogP contribution in [0.1, 0.15) is 31.1 Å². The van der Waals surface area contributed by atoms with Crippen LogP contribution in [0.25, 0.3) is 0 Å². The van der Waals surface area contributed by atoms with Crippen LogP contribution in [0.5, 0.6) is 5.75 Å². The molecule has 0 aliphatic rings. The van der Waals surface area contributed by atoms with Crippen molar-refractivity contribution in [3.05, 3.63) is 59.9 Å². The molecule has 1 aromatic carbocycles. The Morgan fingerprint density at radius 2 is 1.77 bits per heavy atom. The highest BCUT2D eigenvalue weighted by molar-refractivity contribution is 5.27. The first-order chi connectivity index (χ1) is 10.6. The van der Waals surface area contributed by atoms with Crippen molar-refractivity contribution in [2.45, 2.75) is 26.5 Å². The molecule has 4 heteroatoms. The van der Waals surface area contributed by atoms with Crippen molar-refractivity contribution in [3.8, 4) is 5.75 Å². The second kappa shape index (κ2) is 8.51. The number of benzene rings is 1. The molecule has 0 aliphatic heterocycles. The van der Waals surface area contributed by atoms with Crippen molar-refractivity contribution in [2.24, 2.45) is 5.92 Å². The lowest BCUT2D eigenvalue weighted by molar-refractivity contribution is 0.174. The minimum absolute atomic E-state index is 0.510. The Kier molecular flexibility index (Phi) is 6.37. The van der Waals surface area contributed by atoms with E-state index >= 15 is 0 Å². The Balaban J connectivity index is 1.75. The van der Waals surface area contributed by atoms with Gasteiger partial charge in [-0.3, -0.25) is 4.98 Å². The summed E-state index contributed by atoms with van der Waals surface area (Å²) in [5, 5.41) is 13.3. The number of aromatic nitrogens is 1. The number of nitrogens with zero attached hydrogens (tertiary/aromatic N) is 1. The zero-order valence-corrected chi connectivity index (χ0v) is 13.2. The van der Waals surface area contributed by atoms with Crippen LogP contribution >= 0.6 is 0 Å². The van der Waals surface area contributed by atoms with Gasteiger partial charge in [-0.1, -0.05) is 26.0 Å². The zero-order valence-electron chi connectivity index (χ0n) is 13.2. The molecule has 4 nitrogen and oxygen atoms in total. The Bertz CT molecular complexity index is 541. The van der Waals surface area contributed by atoms with Crippen molar-refractivity contribution in [3.63, 3.8) is 0 Å². The van der Waals surface area contributed by atoms with E-state index in [1.54, 1.807) is 12.4 Å². The first-order valence-corrected chi connectivity index (χ1v) is 7.65. The molecular weight excluding hydrogens is 276 g/mol. The smallest absolute Gasteiger partial charge is 0.119 e. The Hall–Kier alpha value is -1.91. The highest BCUT2D eigenvalue weighted by atomic mass is 16.5. The topological polar surface area (TPSA) is 54.4 Å². The highest BCUT2D eigenvalue weighted by Gasteiger charge is 2.06. The third-order valence-corrected chi connectivity index (χ3v) is 3.26. The van der Waals surface area contributed by atoms with Crippen LogP contribution in [0.2, 0.25) is 0 Å². The minimum atomic E-state index is -0.517. The lowest BCUT2D eigenvalue weighted by atomic mass is 10.1. The molecule has 0 fully saturated rings.